The highest BCUT2D eigenvalue weighted by Crippen LogP contribution is 2.72. The molecule has 1 N–H and O–H groups in total. The molecule has 0 unspecified atom stereocenters. The number of ether oxygens (including phenoxy) is 2. The van der Waals surface area contributed by atoms with Crippen LogP contribution in [-0.4, -0.2) is 63.6 Å². The number of Topliss-reactive ketones (excluding diaryl/α,β-unsaturated/α-hetero) is 1. The van der Waals surface area contributed by atoms with Crippen molar-refractivity contribution in [2.24, 2.45) is 28.6 Å². The van der Waals surface area contributed by atoms with Crippen LogP contribution in [0.25, 0.3) is 0 Å². The van der Waals surface area contributed by atoms with Crippen LogP contribution in [0, 0.1) is 28.6 Å². The smallest absolute Gasteiger partial charge is 0.306 e. The molecule has 0 aromatic carbocycles. The molecule has 10 atom stereocenters. The van der Waals surface area contributed by atoms with Gasteiger partial charge in [0, 0.05) is 35.5 Å². The molecule has 0 aromatic rings. The van der Waals surface area contributed by atoms with Gasteiger partial charge in [-0.05, 0) is 43.4 Å². The highest BCUT2D eigenvalue weighted by molar-refractivity contribution is 9.09. The predicted octanol–water partition coefficient (Wildman–Crippen LogP) is 4.14. The Morgan fingerprint density at radius 1 is 1.18 bits per heavy atom. The first-order chi connectivity index (χ1) is 17.6. The number of alkyl halides is 3. The monoisotopic (exact) mass is 600 g/mol. The Morgan fingerprint density at radius 2 is 1.82 bits per heavy atom. The second kappa shape index (κ2) is 9.61. The molecule has 0 amide bonds. The molecule has 0 bridgehead atoms. The predicted molar refractivity (Wildman–Crippen MR) is 137 cm³/mol. The lowest BCUT2D eigenvalue weighted by atomic mass is 9.44. The molecule has 0 radical (unpaired) electrons. The molecule has 4 aliphatic rings. The van der Waals surface area contributed by atoms with Crippen LogP contribution in [0.3, 0.4) is 0 Å². The van der Waals surface area contributed by atoms with Crippen LogP contribution >= 0.6 is 15.9 Å². The van der Waals surface area contributed by atoms with Crippen LogP contribution in [-0.2, 0) is 28.7 Å². The normalized spacial score (nSPS) is 45.4. The van der Waals surface area contributed by atoms with E-state index in [1.54, 1.807) is 27.7 Å². The lowest BCUT2D eigenvalue weighted by Gasteiger charge is -2.64. The number of fused-ring (bicyclic) bond motifs is 5. The van der Waals surface area contributed by atoms with Crippen LogP contribution in [0.1, 0.15) is 60.3 Å². The summed E-state index contributed by atoms with van der Waals surface area (Å²) in [6.07, 6.45) is 0.168. The maximum absolute atomic E-state index is 17.6. The molecular formula is C28H35BrF2O7. The fraction of sp³-hybridized carbons (Fsp3) is 0.714. The molecule has 0 saturated heterocycles. The summed E-state index contributed by atoms with van der Waals surface area (Å²) in [6.45, 7) is 7.39. The van der Waals surface area contributed by atoms with Gasteiger partial charge in [-0.3, -0.25) is 19.2 Å². The lowest BCUT2D eigenvalue weighted by molar-refractivity contribution is -0.230. The van der Waals surface area contributed by atoms with Gasteiger partial charge in [0.05, 0.1) is 10.9 Å². The third kappa shape index (κ3) is 3.64. The van der Waals surface area contributed by atoms with Crippen molar-refractivity contribution in [1.82, 2.24) is 0 Å². The van der Waals surface area contributed by atoms with Crippen molar-refractivity contribution in [2.75, 3.05) is 6.61 Å². The standard InChI is InChI=1S/C28H35BrF2O7/c1-6-20(35)37-13-19(34)28(38-21(36)7-2)14(3)10-16-22-23(29)24(30)17-11-15(32)8-9-25(17,4)27(22,31)18(33)12-26(16,28)5/h8-9,11,14,16,18,22-24,33H,6-7,10,12-13H2,1-5H3/t14-,16-,18-,22+,23-,24-,25-,26-,27+,28+/m0/s1. The number of hydrogen-bond donors (Lipinski definition) is 1. The van der Waals surface area contributed by atoms with Gasteiger partial charge in [0.15, 0.2) is 23.7 Å². The average molecular weight is 601 g/mol. The first-order valence-corrected chi connectivity index (χ1v) is 14.1. The van der Waals surface area contributed by atoms with Crippen molar-refractivity contribution in [3.05, 3.63) is 23.8 Å². The van der Waals surface area contributed by atoms with E-state index in [0.717, 1.165) is 6.08 Å². The van der Waals surface area contributed by atoms with Crippen molar-refractivity contribution in [2.45, 2.75) is 88.7 Å². The number of halogens is 3. The van der Waals surface area contributed by atoms with E-state index in [1.807, 2.05) is 0 Å². The lowest BCUT2D eigenvalue weighted by Crippen LogP contribution is -2.73. The Kier molecular flexibility index (Phi) is 7.35. The van der Waals surface area contributed by atoms with Crippen LogP contribution < -0.4 is 0 Å². The van der Waals surface area contributed by atoms with Crippen molar-refractivity contribution < 1.29 is 42.5 Å². The summed E-state index contributed by atoms with van der Waals surface area (Å²) in [5, 5.41) is 11.6. The maximum atomic E-state index is 17.6. The number of hydrogen-bond acceptors (Lipinski definition) is 7. The van der Waals surface area contributed by atoms with Gasteiger partial charge in [0.1, 0.15) is 6.17 Å². The summed E-state index contributed by atoms with van der Waals surface area (Å²) in [5.74, 6) is -4.84. The second-order valence-corrected chi connectivity index (χ2v) is 12.6. The largest absolute Gasteiger partial charge is 0.457 e. The van der Waals surface area contributed by atoms with Crippen molar-refractivity contribution in [1.29, 1.82) is 0 Å². The Balaban J connectivity index is 1.87. The van der Waals surface area contributed by atoms with Gasteiger partial charge < -0.3 is 14.6 Å². The molecular weight excluding hydrogens is 566 g/mol. The van der Waals surface area contributed by atoms with E-state index in [1.165, 1.54) is 19.1 Å². The molecule has 4 aliphatic carbocycles. The van der Waals surface area contributed by atoms with E-state index >= 15 is 8.78 Å². The molecule has 3 fully saturated rings. The minimum atomic E-state index is -2.39. The van der Waals surface area contributed by atoms with Gasteiger partial charge >= 0.3 is 11.9 Å². The van der Waals surface area contributed by atoms with Gasteiger partial charge in [-0.1, -0.05) is 49.7 Å². The Bertz CT molecular complexity index is 1120. The van der Waals surface area contributed by atoms with Gasteiger partial charge in [0.2, 0.25) is 5.78 Å². The van der Waals surface area contributed by atoms with Gasteiger partial charge in [-0.25, -0.2) is 8.78 Å². The van der Waals surface area contributed by atoms with E-state index in [4.69, 9.17) is 9.47 Å². The third-order valence-electron chi connectivity index (χ3n) is 9.81. The van der Waals surface area contributed by atoms with E-state index in [2.05, 4.69) is 15.9 Å². The molecule has 3 saturated carbocycles. The molecule has 7 nitrogen and oxygen atoms in total. The fourth-order valence-electron chi connectivity index (χ4n) is 7.94. The number of rotatable bonds is 6. The van der Waals surface area contributed by atoms with Crippen LogP contribution in [0.4, 0.5) is 8.78 Å². The van der Waals surface area contributed by atoms with Crippen molar-refractivity contribution >= 4 is 39.4 Å². The summed E-state index contributed by atoms with van der Waals surface area (Å²) in [4.78, 5) is 49.4. The molecule has 0 aliphatic heterocycles. The molecule has 4 rings (SSSR count). The number of ketones is 2. The highest BCUT2D eigenvalue weighted by Gasteiger charge is 2.79. The van der Waals surface area contributed by atoms with E-state index in [0.29, 0.717) is 0 Å². The number of aliphatic hydroxyl groups excluding tert-OH is 1. The quantitative estimate of drug-likeness (QED) is 0.361. The van der Waals surface area contributed by atoms with Gasteiger partial charge in [0.25, 0.3) is 0 Å². The first-order valence-electron chi connectivity index (χ1n) is 13.2. The van der Waals surface area contributed by atoms with Crippen LogP contribution in [0.15, 0.2) is 23.8 Å². The average Bonchev–Trinajstić information content (AvgIpc) is 3.08. The number of aliphatic hydroxyl groups is 1. The number of esters is 2. The summed E-state index contributed by atoms with van der Waals surface area (Å²) in [6, 6.07) is 0. The Morgan fingerprint density at radius 3 is 2.42 bits per heavy atom. The highest BCUT2D eigenvalue weighted by atomic mass is 79.9. The molecule has 10 heteroatoms. The van der Waals surface area contributed by atoms with Crippen molar-refractivity contribution in [3.63, 3.8) is 0 Å². The van der Waals surface area contributed by atoms with Crippen LogP contribution in [0.5, 0.6) is 0 Å². The molecule has 210 valence electrons. The first kappa shape index (κ1) is 29.1. The Labute approximate surface area is 229 Å². The Hall–Kier alpha value is -1.94. The summed E-state index contributed by atoms with van der Waals surface area (Å²) in [7, 11) is 0. The fourth-order valence-corrected chi connectivity index (χ4v) is 8.98. The molecule has 0 heterocycles. The maximum Gasteiger partial charge on any atom is 0.306 e. The number of carbonyl (C=O) groups excluding carboxylic acids is 4. The third-order valence-corrected chi connectivity index (χ3v) is 10.8. The SMILES string of the molecule is CCC(=O)OCC(=O)[C@]1(OC(=O)CC)[C@@H](C)C[C@H]2[C@@H]3[C@H](Br)[C@@H](F)C4=CC(=O)C=C[C@]4(C)[C@@]3(F)[C@@H](O)C[C@@]21C. The van der Waals surface area contributed by atoms with E-state index < -0.39 is 87.1 Å². The zero-order chi connectivity index (χ0) is 28.4. The summed E-state index contributed by atoms with van der Waals surface area (Å²) < 4.78 is 44.6. The van der Waals surface area contributed by atoms with E-state index in [9.17, 15) is 24.3 Å². The van der Waals surface area contributed by atoms with Gasteiger partial charge in [-0.15, -0.1) is 0 Å². The molecule has 0 aromatic heterocycles. The van der Waals surface area contributed by atoms with Crippen LogP contribution in [0.2, 0.25) is 0 Å². The number of allylic oxidation sites excluding steroid dienone is 4. The van der Waals surface area contributed by atoms with Gasteiger partial charge in [-0.2, -0.15) is 0 Å². The van der Waals surface area contributed by atoms with Crippen molar-refractivity contribution in [3.8, 4) is 0 Å². The summed E-state index contributed by atoms with van der Waals surface area (Å²) in [5.41, 5.74) is -7.16. The number of carbonyl (C=O) groups is 4. The zero-order valence-corrected chi connectivity index (χ0v) is 23.8. The molecule has 0 spiro atoms. The molecule has 38 heavy (non-hydrogen) atoms. The van der Waals surface area contributed by atoms with E-state index in [-0.39, 0.29) is 31.3 Å². The second-order valence-electron chi connectivity index (χ2n) is 11.6. The minimum absolute atomic E-state index is 0.0328. The topological polar surface area (TPSA) is 107 Å². The summed E-state index contributed by atoms with van der Waals surface area (Å²) >= 11 is 3.38. The minimum Gasteiger partial charge on any atom is -0.457 e. The zero-order valence-electron chi connectivity index (χ0n) is 22.3.